The highest BCUT2D eigenvalue weighted by atomic mass is 79.9. The second-order valence-corrected chi connectivity index (χ2v) is 3.31. The molecule has 0 saturated carbocycles. The maximum Gasteiger partial charge on any atom is 0.128 e. The molecule has 0 aromatic heterocycles. The van der Waals surface area contributed by atoms with Crippen molar-refractivity contribution in [2.24, 2.45) is 0 Å². The molecule has 2 rings (SSSR count). The van der Waals surface area contributed by atoms with E-state index >= 15 is 0 Å². The average Bonchev–Trinajstić information content (AvgIpc) is 2.30. The van der Waals surface area contributed by atoms with Gasteiger partial charge in [-0.05, 0) is 0 Å². The van der Waals surface area contributed by atoms with Gasteiger partial charge in [-0.25, -0.2) is 0 Å². The predicted octanol–water partition coefficient (Wildman–Crippen LogP) is 1.92. The average molecular weight is 271 g/mol. The number of nitrogens with one attached hydrogen (secondary N) is 1. The molecule has 1 saturated heterocycles. The Kier molecular flexibility index (Phi) is 4.78. The molecule has 1 N–H and O–H groups in total. The third-order valence-corrected chi connectivity index (χ3v) is 2.37. The maximum atomic E-state index is 7.99. The molecule has 0 bridgehead atoms. The fraction of sp³-hybridized carbons (Fsp3) is 0.364. The van der Waals surface area contributed by atoms with Crippen LogP contribution < -0.4 is 0 Å². The van der Waals surface area contributed by atoms with Crippen LogP contribution in [0, 0.1) is 5.41 Å². The Bertz CT molecular complexity index is 310. The lowest BCUT2D eigenvalue weighted by Crippen LogP contribution is -2.40. The van der Waals surface area contributed by atoms with Gasteiger partial charge in [0, 0.05) is 18.7 Å². The zero-order valence-electron chi connectivity index (χ0n) is 8.48. The number of morpholine rings is 1. The quantitative estimate of drug-likeness (QED) is 0.625. The molecule has 0 aliphatic carbocycles. The van der Waals surface area contributed by atoms with E-state index in [1.54, 1.807) is 0 Å². The van der Waals surface area contributed by atoms with E-state index in [0.29, 0.717) is 5.84 Å². The van der Waals surface area contributed by atoms with Gasteiger partial charge in [0.15, 0.2) is 0 Å². The highest BCUT2D eigenvalue weighted by molar-refractivity contribution is 8.93. The minimum atomic E-state index is 0. The van der Waals surface area contributed by atoms with Crippen molar-refractivity contribution in [2.45, 2.75) is 0 Å². The van der Waals surface area contributed by atoms with Crippen LogP contribution in [0.3, 0.4) is 0 Å². The largest absolute Gasteiger partial charge is 0.378 e. The van der Waals surface area contributed by atoms with Gasteiger partial charge in [-0.1, -0.05) is 30.3 Å². The van der Waals surface area contributed by atoms with Crippen LogP contribution in [0.25, 0.3) is 0 Å². The topological polar surface area (TPSA) is 36.3 Å². The minimum Gasteiger partial charge on any atom is -0.378 e. The molecule has 1 aliphatic rings. The second kappa shape index (κ2) is 5.88. The monoisotopic (exact) mass is 270 g/mol. The van der Waals surface area contributed by atoms with E-state index < -0.39 is 0 Å². The van der Waals surface area contributed by atoms with Crippen molar-refractivity contribution < 1.29 is 4.74 Å². The Morgan fingerprint density at radius 2 is 1.73 bits per heavy atom. The van der Waals surface area contributed by atoms with Crippen molar-refractivity contribution in [1.29, 1.82) is 5.41 Å². The summed E-state index contributed by atoms with van der Waals surface area (Å²) < 4.78 is 5.25. The van der Waals surface area contributed by atoms with Gasteiger partial charge >= 0.3 is 0 Å². The van der Waals surface area contributed by atoms with Gasteiger partial charge in [0.2, 0.25) is 0 Å². The Morgan fingerprint density at radius 3 is 2.33 bits per heavy atom. The Hall–Kier alpha value is -0.870. The van der Waals surface area contributed by atoms with Crippen LogP contribution in [-0.4, -0.2) is 37.0 Å². The van der Waals surface area contributed by atoms with Crippen molar-refractivity contribution in [1.82, 2.24) is 4.90 Å². The lowest BCUT2D eigenvalue weighted by Gasteiger charge is -2.29. The first kappa shape index (κ1) is 12.2. The van der Waals surface area contributed by atoms with E-state index in [9.17, 15) is 0 Å². The molecule has 1 fully saturated rings. The zero-order valence-corrected chi connectivity index (χ0v) is 10.2. The van der Waals surface area contributed by atoms with E-state index in [-0.39, 0.29) is 17.0 Å². The summed E-state index contributed by atoms with van der Waals surface area (Å²) in [6.07, 6.45) is 0. The van der Waals surface area contributed by atoms with E-state index in [1.165, 1.54) is 0 Å². The van der Waals surface area contributed by atoms with Gasteiger partial charge in [-0.3, -0.25) is 5.41 Å². The molecule has 3 nitrogen and oxygen atoms in total. The molecule has 0 unspecified atom stereocenters. The number of ether oxygens (including phenoxy) is 1. The van der Waals surface area contributed by atoms with E-state index in [4.69, 9.17) is 10.1 Å². The number of amidine groups is 1. The van der Waals surface area contributed by atoms with Gasteiger partial charge in [-0.15, -0.1) is 17.0 Å². The van der Waals surface area contributed by atoms with Crippen molar-refractivity contribution in [3.63, 3.8) is 0 Å². The summed E-state index contributed by atoms with van der Waals surface area (Å²) >= 11 is 0. The highest BCUT2D eigenvalue weighted by Crippen LogP contribution is 2.06. The minimum absolute atomic E-state index is 0. The molecule has 0 radical (unpaired) electrons. The van der Waals surface area contributed by atoms with Crippen molar-refractivity contribution in [2.75, 3.05) is 26.3 Å². The lowest BCUT2D eigenvalue weighted by molar-refractivity contribution is 0.0680. The van der Waals surface area contributed by atoms with E-state index in [2.05, 4.69) is 4.90 Å². The van der Waals surface area contributed by atoms with Gasteiger partial charge < -0.3 is 9.64 Å². The van der Waals surface area contributed by atoms with Gasteiger partial charge in [0.1, 0.15) is 5.84 Å². The van der Waals surface area contributed by atoms with Gasteiger partial charge in [0.25, 0.3) is 0 Å². The van der Waals surface area contributed by atoms with Crippen LogP contribution in [-0.2, 0) is 4.74 Å². The SMILES string of the molecule is Br.N=C(c1ccccc1)N1CCOCC1. The third-order valence-electron chi connectivity index (χ3n) is 2.37. The van der Waals surface area contributed by atoms with Crippen LogP contribution in [0.1, 0.15) is 5.56 Å². The number of hydrogen-bond acceptors (Lipinski definition) is 2. The number of hydrogen-bond donors (Lipinski definition) is 1. The van der Waals surface area contributed by atoms with Gasteiger partial charge in [-0.2, -0.15) is 0 Å². The number of halogens is 1. The predicted molar refractivity (Wildman–Crippen MR) is 66.0 cm³/mol. The van der Waals surface area contributed by atoms with Gasteiger partial charge in [0.05, 0.1) is 13.2 Å². The molecular weight excluding hydrogens is 256 g/mol. The summed E-state index contributed by atoms with van der Waals surface area (Å²) in [6, 6.07) is 9.83. The van der Waals surface area contributed by atoms with Crippen molar-refractivity contribution in [3.8, 4) is 0 Å². The standard InChI is InChI=1S/C11H14N2O.BrH/c12-11(10-4-2-1-3-5-10)13-6-8-14-9-7-13;/h1-5,12H,6-9H2;1H. The summed E-state index contributed by atoms with van der Waals surface area (Å²) in [7, 11) is 0. The summed E-state index contributed by atoms with van der Waals surface area (Å²) in [4.78, 5) is 2.05. The van der Waals surface area contributed by atoms with E-state index in [1.807, 2.05) is 30.3 Å². The molecule has 0 amide bonds. The van der Waals surface area contributed by atoms with Crippen molar-refractivity contribution >= 4 is 22.8 Å². The Morgan fingerprint density at radius 1 is 1.13 bits per heavy atom. The summed E-state index contributed by atoms with van der Waals surface area (Å²) in [6.45, 7) is 3.12. The first-order valence-corrected chi connectivity index (χ1v) is 4.84. The first-order chi connectivity index (χ1) is 6.88. The Balaban J connectivity index is 0.00000112. The molecule has 0 atom stereocenters. The number of rotatable bonds is 1. The van der Waals surface area contributed by atoms with Crippen LogP contribution in [0.5, 0.6) is 0 Å². The molecular formula is C11H15BrN2O. The smallest absolute Gasteiger partial charge is 0.128 e. The molecule has 1 aromatic rings. The number of benzene rings is 1. The molecule has 1 aliphatic heterocycles. The molecule has 15 heavy (non-hydrogen) atoms. The normalized spacial score (nSPS) is 15.6. The van der Waals surface area contributed by atoms with Crippen LogP contribution in [0.15, 0.2) is 30.3 Å². The van der Waals surface area contributed by atoms with Crippen LogP contribution >= 0.6 is 17.0 Å². The fourth-order valence-electron chi connectivity index (χ4n) is 1.57. The highest BCUT2D eigenvalue weighted by Gasteiger charge is 2.14. The summed E-state index contributed by atoms with van der Waals surface area (Å²) in [5, 5.41) is 7.99. The summed E-state index contributed by atoms with van der Waals surface area (Å²) in [5.41, 5.74) is 0.981. The fourth-order valence-corrected chi connectivity index (χ4v) is 1.57. The molecule has 82 valence electrons. The Labute approximate surface area is 100 Å². The van der Waals surface area contributed by atoms with Crippen LogP contribution in [0.2, 0.25) is 0 Å². The molecule has 1 heterocycles. The zero-order chi connectivity index (χ0) is 9.80. The van der Waals surface area contributed by atoms with E-state index in [0.717, 1.165) is 31.9 Å². The third kappa shape index (κ3) is 3.04. The van der Waals surface area contributed by atoms with Crippen LogP contribution in [0.4, 0.5) is 0 Å². The first-order valence-electron chi connectivity index (χ1n) is 4.84. The summed E-state index contributed by atoms with van der Waals surface area (Å²) in [5.74, 6) is 0.605. The molecule has 1 aromatic carbocycles. The second-order valence-electron chi connectivity index (χ2n) is 3.31. The van der Waals surface area contributed by atoms with Crippen molar-refractivity contribution in [3.05, 3.63) is 35.9 Å². The molecule has 0 spiro atoms. The molecule has 4 heteroatoms. The maximum absolute atomic E-state index is 7.99. The number of nitrogens with zero attached hydrogens (tertiary/aromatic N) is 1. The lowest BCUT2D eigenvalue weighted by atomic mass is 10.2.